The number of likely N-dealkylation sites (N-methyl/N-ethyl adjacent to an activating group) is 1. The molecule has 0 aliphatic rings. The average Bonchev–Trinajstić information content (AvgIpc) is 1.87. The van der Waals surface area contributed by atoms with Crippen molar-refractivity contribution < 1.29 is 0 Å². The smallest absolute Gasteiger partial charge is 0.0161 e. The summed E-state index contributed by atoms with van der Waals surface area (Å²) in [5.74, 6) is 0.754. The third kappa shape index (κ3) is 6.05. The zero-order valence-electron chi connectivity index (χ0n) is 7.57. The molecule has 0 spiro atoms. The van der Waals surface area contributed by atoms with Crippen LogP contribution in [0.25, 0.3) is 0 Å². The van der Waals surface area contributed by atoms with Gasteiger partial charge < -0.3 is 10.6 Å². The molecule has 0 aliphatic heterocycles. The molecule has 0 saturated carbocycles. The summed E-state index contributed by atoms with van der Waals surface area (Å²) in [6.45, 7) is 8.79. The van der Waals surface area contributed by atoms with Gasteiger partial charge in [0.25, 0.3) is 0 Å². The molecule has 2 heteroatoms. The van der Waals surface area contributed by atoms with Crippen LogP contribution >= 0.6 is 0 Å². The first kappa shape index (κ1) is 9.92. The van der Waals surface area contributed by atoms with E-state index in [0.717, 1.165) is 19.0 Å². The Morgan fingerprint density at radius 2 is 1.70 bits per heavy atom. The number of hydrogen-bond donors (Lipinski definition) is 2. The Bertz CT molecular complexity index is 71.7. The highest BCUT2D eigenvalue weighted by Gasteiger charge is 1.96. The van der Waals surface area contributed by atoms with E-state index in [9.17, 15) is 0 Å². The lowest BCUT2D eigenvalue weighted by Gasteiger charge is -2.12. The van der Waals surface area contributed by atoms with Gasteiger partial charge in [-0.25, -0.2) is 0 Å². The Morgan fingerprint density at radius 1 is 1.10 bits per heavy atom. The Hall–Kier alpha value is -0.0800. The molecule has 10 heavy (non-hydrogen) atoms. The summed E-state index contributed by atoms with van der Waals surface area (Å²) in [5, 5.41) is 6.55. The highest BCUT2D eigenvalue weighted by Crippen LogP contribution is 1.86. The molecular formula is C8H20N2. The third-order valence-corrected chi connectivity index (χ3v) is 1.50. The molecule has 1 atom stereocenters. The van der Waals surface area contributed by atoms with Crippen molar-refractivity contribution in [3.63, 3.8) is 0 Å². The molecule has 0 aromatic heterocycles. The van der Waals surface area contributed by atoms with Gasteiger partial charge in [0.05, 0.1) is 0 Å². The summed E-state index contributed by atoms with van der Waals surface area (Å²) in [7, 11) is 1.99. The minimum absolute atomic E-state index is 0.582. The zero-order valence-corrected chi connectivity index (χ0v) is 7.57. The van der Waals surface area contributed by atoms with Crippen LogP contribution in [0.5, 0.6) is 0 Å². The molecule has 0 amide bonds. The molecule has 0 saturated heterocycles. The van der Waals surface area contributed by atoms with Crippen molar-refractivity contribution in [2.45, 2.75) is 26.8 Å². The minimum Gasteiger partial charge on any atom is -0.316 e. The maximum absolute atomic E-state index is 3.37. The van der Waals surface area contributed by atoms with Gasteiger partial charge in [0.15, 0.2) is 0 Å². The first-order valence-corrected chi connectivity index (χ1v) is 4.04. The molecule has 0 fully saturated rings. The molecule has 2 nitrogen and oxygen atoms in total. The lowest BCUT2D eigenvalue weighted by Crippen LogP contribution is -2.35. The first-order valence-electron chi connectivity index (χ1n) is 4.04. The van der Waals surface area contributed by atoms with E-state index in [-0.39, 0.29) is 0 Å². The van der Waals surface area contributed by atoms with Gasteiger partial charge in [-0.05, 0) is 26.4 Å². The maximum Gasteiger partial charge on any atom is 0.0161 e. The van der Waals surface area contributed by atoms with Crippen molar-refractivity contribution in [1.82, 2.24) is 10.6 Å². The number of nitrogens with one attached hydrogen (secondary N) is 2. The van der Waals surface area contributed by atoms with Gasteiger partial charge >= 0.3 is 0 Å². The summed E-state index contributed by atoms with van der Waals surface area (Å²) < 4.78 is 0. The van der Waals surface area contributed by atoms with E-state index >= 15 is 0 Å². The van der Waals surface area contributed by atoms with E-state index in [2.05, 4.69) is 31.4 Å². The Morgan fingerprint density at radius 3 is 2.10 bits per heavy atom. The molecule has 0 aromatic carbocycles. The van der Waals surface area contributed by atoms with Gasteiger partial charge in [-0.1, -0.05) is 13.8 Å². The van der Waals surface area contributed by atoms with Gasteiger partial charge in [0, 0.05) is 12.6 Å². The van der Waals surface area contributed by atoms with Crippen LogP contribution in [0.3, 0.4) is 0 Å². The quantitative estimate of drug-likeness (QED) is 0.597. The SMILES string of the molecule is CNC(C)CNCC(C)C. The predicted octanol–water partition coefficient (Wildman–Crippen LogP) is 0.840. The van der Waals surface area contributed by atoms with Gasteiger partial charge in [0.1, 0.15) is 0 Å². The Kier molecular flexibility index (Phi) is 5.64. The molecule has 1 unspecified atom stereocenters. The fourth-order valence-electron chi connectivity index (χ4n) is 0.691. The van der Waals surface area contributed by atoms with Gasteiger partial charge in [-0.15, -0.1) is 0 Å². The summed E-state index contributed by atoms with van der Waals surface area (Å²) in [6, 6.07) is 0.582. The predicted molar refractivity (Wildman–Crippen MR) is 46.2 cm³/mol. The summed E-state index contributed by atoms with van der Waals surface area (Å²) >= 11 is 0. The zero-order chi connectivity index (χ0) is 7.98. The Balaban J connectivity index is 3.03. The molecule has 0 rings (SSSR count). The molecule has 0 heterocycles. The van der Waals surface area contributed by atoms with E-state index in [4.69, 9.17) is 0 Å². The molecule has 2 N–H and O–H groups in total. The highest BCUT2D eigenvalue weighted by molar-refractivity contribution is 4.61. The van der Waals surface area contributed by atoms with E-state index in [0.29, 0.717) is 6.04 Å². The molecule has 0 bridgehead atoms. The first-order chi connectivity index (χ1) is 4.66. The normalized spacial score (nSPS) is 14.1. The maximum atomic E-state index is 3.37. The standard InChI is InChI=1S/C8H20N2/c1-7(2)5-10-6-8(3)9-4/h7-10H,5-6H2,1-4H3. The average molecular weight is 144 g/mol. The van der Waals surface area contributed by atoms with E-state index < -0.39 is 0 Å². The topological polar surface area (TPSA) is 24.1 Å². The second-order valence-corrected chi connectivity index (χ2v) is 3.24. The van der Waals surface area contributed by atoms with Crippen molar-refractivity contribution in [2.24, 2.45) is 5.92 Å². The van der Waals surface area contributed by atoms with Crippen LogP contribution in [0.1, 0.15) is 20.8 Å². The molecule has 0 aromatic rings. The van der Waals surface area contributed by atoms with Crippen LogP contribution < -0.4 is 10.6 Å². The van der Waals surface area contributed by atoms with Crippen LogP contribution in [0.4, 0.5) is 0 Å². The molecular weight excluding hydrogens is 124 g/mol. The highest BCUT2D eigenvalue weighted by atomic mass is 15.0. The van der Waals surface area contributed by atoms with Gasteiger partial charge in [0.2, 0.25) is 0 Å². The van der Waals surface area contributed by atoms with E-state index in [1.807, 2.05) is 7.05 Å². The number of rotatable bonds is 5. The second-order valence-electron chi connectivity index (χ2n) is 3.24. The van der Waals surface area contributed by atoms with Crippen LogP contribution in [-0.4, -0.2) is 26.2 Å². The van der Waals surface area contributed by atoms with Crippen LogP contribution in [0, 0.1) is 5.92 Å². The van der Waals surface area contributed by atoms with Crippen molar-refractivity contribution in [1.29, 1.82) is 0 Å². The Labute approximate surface area is 64.4 Å². The summed E-state index contributed by atoms with van der Waals surface area (Å²) in [4.78, 5) is 0. The van der Waals surface area contributed by atoms with Gasteiger partial charge in [-0.3, -0.25) is 0 Å². The molecule has 0 radical (unpaired) electrons. The van der Waals surface area contributed by atoms with Crippen molar-refractivity contribution in [3.05, 3.63) is 0 Å². The molecule has 0 aliphatic carbocycles. The van der Waals surface area contributed by atoms with Crippen LogP contribution in [0.2, 0.25) is 0 Å². The lowest BCUT2D eigenvalue weighted by atomic mass is 10.2. The summed E-state index contributed by atoms with van der Waals surface area (Å²) in [6.07, 6.45) is 0. The van der Waals surface area contributed by atoms with Crippen molar-refractivity contribution in [3.8, 4) is 0 Å². The molecule has 62 valence electrons. The van der Waals surface area contributed by atoms with E-state index in [1.165, 1.54) is 0 Å². The largest absolute Gasteiger partial charge is 0.316 e. The fourth-order valence-corrected chi connectivity index (χ4v) is 0.691. The number of hydrogen-bond acceptors (Lipinski definition) is 2. The fraction of sp³-hybridized carbons (Fsp3) is 1.00. The van der Waals surface area contributed by atoms with E-state index in [1.54, 1.807) is 0 Å². The second kappa shape index (κ2) is 5.69. The third-order valence-electron chi connectivity index (χ3n) is 1.50. The van der Waals surface area contributed by atoms with Crippen molar-refractivity contribution in [2.75, 3.05) is 20.1 Å². The minimum atomic E-state index is 0.582. The van der Waals surface area contributed by atoms with Crippen molar-refractivity contribution >= 4 is 0 Å². The monoisotopic (exact) mass is 144 g/mol. The van der Waals surface area contributed by atoms with Crippen LogP contribution in [0.15, 0.2) is 0 Å². The van der Waals surface area contributed by atoms with Gasteiger partial charge in [-0.2, -0.15) is 0 Å². The van der Waals surface area contributed by atoms with Crippen LogP contribution in [-0.2, 0) is 0 Å². The summed E-state index contributed by atoms with van der Waals surface area (Å²) in [5.41, 5.74) is 0. The lowest BCUT2D eigenvalue weighted by molar-refractivity contribution is 0.495.